The Kier molecular flexibility index (Phi) is 4.14. The van der Waals surface area contributed by atoms with E-state index in [2.05, 4.69) is 0 Å². The fourth-order valence-electron chi connectivity index (χ4n) is 2.77. The van der Waals surface area contributed by atoms with Gasteiger partial charge in [-0.05, 0) is 30.5 Å². The Balaban J connectivity index is 1.74. The number of hydrogen-bond donors (Lipinski definition) is 0. The van der Waals surface area contributed by atoms with Crippen LogP contribution in [0.15, 0.2) is 24.3 Å². The summed E-state index contributed by atoms with van der Waals surface area (Å²) in [5.74, 6) is -0.0427. The van der Waals surface area contributed by atoms with Gasteiger partial charge >= 0.3 is 0 Å². The highest BCUT2D eigenvalue weighted by Gasteiger charge is 2.35. The van der Waals surface area contributed by atoms with Crippen LogP contribution in [0.2, 0.25) is 0 Å². The Morgan fingerprint density at radius 2 is 2.10 bits per heavy atom. The van der Waals surface area contributed by atoms with Crippen LogP contribution in [-0.2, 0) is 9.59 Å². The third kappa shape index (κ3) is 3.05. The van der Waals surface area contributed by atoms with Gasteiger partial charge in [0.2, 0.25) is 11.8 Å². The van der Waals surface area contributed by atoms with Gasteiger partial charge in [0.25, 0.3) is 0 Å². The normalized spacial score (nSPS) is 22.1. The topological polar surface area (TPSA) is 40.6 Å². The molecule has 3 rings (SSSR count). The maximum atomic E-state index is 13.4. The molecule has 1 aromatic rings. The molecule has 2 amide bonds. The number of thioether (sulfide) groups is 1. The standard InChI is InChI=1S/C15H17FN2O2S/c16-12-5-3-4-11(8-12)15-18(14(20)10-21-15)9-13(19)17-6-1-2-7-17/h3-5,8,15H,1-2,6-7,9-10H2/t15-/m0/s1. The Labute approximate surface area is 127 Å². The van der Waals surface area contributed by atoms with Crippen LogP contribution in [-0.4, -0.2) is 47.0 Å². The molecule has 21 heavy (non-hydrogen) atoms. The van der Waals surface area contributed by atoms with Crippen LogP contribution >= 0.6 is 11.8 Å². The second kappa shape index (κ2) is 6.05. The highest BCUT2D eigenvalue weighted by atomic mass is 32.2. The van der Waals surface area contributed by atoms with E-state index in [0.717, 1.165) is 31.5 Å². The van der Waals surface area contributed by atoms with Crippen molar-refractivity contribution in [1.29, 1.82) is 0 Å². The third-order valence-corrected chi connectivity index (χ3v) is 5.12. The van der Waals surface area contributed by atoms with Crippen LogP contribution in [0.4, 0.5) is 4.39 Å². The zero-order valence-corrected chi connectivity index (χ0v) is 12.4. The lowest BCUT2D eigenvalue weighted by Gasteiger charge is -2.26. The Morgan fingerprint density at radius 3 is 2.81 bits per heavy atom. The van der Waals surface area contributed by atoms with Gasteiger partial charge in [0.15, 0.2) is 0 Å². The van der Waals surface area contributed by atoms with Crippen molar-refractivity contribution in [2.75, 3.05) is 25.4 Å². The van der Waals surface area contributed by atoms with E-state index < -0.39 is 0 Å². The summed E-state index contributed by atoms with van der Waals surface area (Å²) in [5.41, 5.74) is 0.736. The molecule has 0 aliphatic carbocycles. The summed E-state index contributed by atoms with van der Waals surface area (Å²) in [4.78, 5) is 27.6. The van der Waals surface area contributed by atoms with Gasteiger partial charge in [-0.1, -0.05) is 12.1 Å². The predicted molar refractivity (Wildman–Crippen MR) is 79.1 cm³/mol. The van der Waals surface area contributed by atoms with Crippen molar-refractivity contribution in [3.05, 3.63) is 35.6 Å². The van der Waals surface area contributed by atoms with E-state index in [4.69, 9.17) is 0 Å². The van der Waals surface area contributed by atoms with Crippen LogP contribution < -0.4 is 0 Å². The summed E-state index contributed by atoms with van der Waals surface area (Å²) < 4.78 is 13.4. The summed E-state index contributed by atoms with van der Waals surface area (Å²) in [6, 6.07) is 6.25. The maximum Gasteiger partial charge on any atom is 0.242 e. The highest BCUT2D eigenvalue weighted by Crippen LogP contribution is 2.38. The Morgan fingerprint density at radius 1 is 1.33 bits per heavy atom. The number of amides is 2. The van der Waals surface area contributed by atoms with Crippen molar-refractivity contribution >= 4 is 23.6 Å². The van der Waals surface area contributed by atoms with Crippen LogP contribution in [0.3, 0.4) is 0 Å². The molecule has 1 atom stereocenters. The molecule has 1 aromatic carbocycles. The molecule has 0 bridgehead atoms. The highest BCUT2D eigenvalue weighted by molar-refractivity contribution is 8.00. The molecule has 0 saturated carbocycles. The van der Waals surface area contributed by atoms with Gasteiger partial charge < -0.3 is 9.80 Å². The minimum absolute atomic E-state index is 0.00949. The second-order valence-corrected chi connectivity index (χ2v) is 6.40. The van der Waals surface area contributed by atoms with E-state index in [1.807, 2.05) is 0 Å². The minimum Gasteiger partial charge on any atom is -0.341 e. The Hall–Kier alpha value is -1.56. The van der Waals surface area contributed by atoms with Gasteiger partial charge in [0, 0.05) is 13.1 Å². The van der Waals surface area contributed by atoms with Gasteiger partial charge in [-0.15, -0.1) is 11.8 Å². The first-order chi connectivity index (χ1) is 10.1. The van der Waals surface area contributed by atoms with Crippen molar-refractivity contribution in [3.8, 4) is 0 Å². The molecule has 0 unspecified atom stereocenters. The van der Waals surface area contributed by atoms with E-state index in [1.54, 1.807) is 21.9 Å². The fourth-order valence-corrected chi connectivity index (χ4v) is 3.95. The first-order valence-electron chi connectivity index (χ1n) is 7.09. The molecule has 2 aliphatic rings. The van der Waals surface area contributed by atoms with Gasteiger partial charge in [-0.2, -0.15) is 0 Å². The lowest BCUT2D eigenvalue weighted by molar-refractivity contribution is -0.138. The Bertz CT molecular complexity index is 560. The number of benzene rings is 1. The molecular weight excluding hydrogens is 291 g/mol. The van der Waals surface area contributed by atoms with Crippen molar-refractivity contribution in [2.45, 2.75) is 18.2 Å². The lowest BCUT2D eigenvalue weighted by atomic mass is 10.2. The quantitative estimate of drug-likeness (QED) is 0.858. The van der Waals surface area contributed by atoms with Crippen LogP contribution in [0.5, 0.6) is 0 Å². The number of rotatable bonds is 3. The average molecular weight is 308 g/mol. The van der Waals surface area contributed by atoms with E-state index in [-0.39, 0.29) is 29.6 Å². The van der Waals surface area contributed by atoms with Gasteiger partial charge in [-0.25, -0.2) is 4.39 Å². The molecule has 0 spiro atoms. The summed E-state index contributed by atoms with van der Waals surface area (Å²) in [6.07, 6.45) is 2.06. The van der Waals surface area contributed by atoms with Crippen LogP contribution in [0, 0.1) is 5.82 Å². The number of hydrogen-bond acceptors (Lipinski definition) is 3. The smallest absolute Gasteiger partial charge is 0.242 e. The molecule has 6 heteroatoms. The number of nitrogens with zero attached hydrogens (tertiary/aromatic N) is 2. The monoisotopic (exact) mass is 308 g/mol. The lowest BCUT2D eigenvalue weighted by Crippen LogP contribution is -2.40. The summed E-state index contributed by atoms with van der Waals surface area (Å²) in [5, 5.41) is -0.264. The van der Waals surface area contributed by atoms with Crippen molar-refractivity contribution in [1.82, 2.24) is 9.80 Å². The van der Waals surface area contributed by atoms with Crippen LogP contribution in [0.25, 0.3) is 0 Å². The maximum absolute atomic E-state index is 13.4. The SMILES string of the molecule is O=C(CN1C(=O)CS[C@H]1c1cccc(F)c1)N1CCCC1. The zero-order chi connectivity index (χ0) is 14.8. The summed E-state index contributed by atoms with van der Waals surface area (Å²) >= 11 is 1.44. The first kappa shape index (κ1) is 14.4. The first-order valence-corrected chi connectivity index (χ1v) is 8.14. The number of carbonyl (C=O) groups excluding carboxylic acids is 2. The summed E-state index contributed by atoms with van der Waals surface area (Å²) in [6.45, 7) is 1.64. The molecule has 4 nitrogen and oxygen atoms in total. The number of likely N-dealkylation sites (tertiary alicyclic amines) is 1. The molecule has 2 fully saturated rings. The minimum atomic E-state index is -0.321. The van der Waals surface area contributed by atoms with Crippen molar-refractivity contribution < 1.29 is 14.0 Å². The molecule has 2 aliphatic heterocycles. The van der Waals surface area contributed by atoms with Crippen molar-refractivity contribution in [2.24, 2.45) is 0 Å². The third-order valence-electron chi connectivity index (χ3n) is 3.87. The van der Waals surface area contributed by atoms with Crippen LogP contribution in [0.1, 0.15) is 23.8 Å². The molecule has 112 valence electrons. The molecule has 2 saturated heterocycles. The largest absolute Gasteiger partial charge is 0.341 e. The van der Waals surface area contributed by atoms with Gasteiger partial charge in [-0.3, -0.25) is 9.59 Å². The summed E-state index contributed by atoms with van der Waals surface area (Å²) in [7, 11) is 0. The molecule has 0 aromatic heterocycles. The predicted octanol–water partition coefficient (Wildman–Crippen LogP) is 2.02. The molecular formula is C15H17FN2O2S. The van der Waals surface area contributed by atoms with Gasteiger partial charge in [0.05, 0.1) is 5.75 Å². The second-order valence-electron chi connectivity index (χ2n) is 5.33. The molecule has 2 heterocycles. The van der Waals surface area contributed by atoms with Gasteiger partial charge in [0.1, 0.15) is 17.7 Å². The molecule has 0 radical (unpaired) electrons. The number of halogens is 1. The number of carbonyl (C=O) groups is 2. The fraction of sp³-hybridized carbons (Fsp3) is 0.467. The van der Waals surface area contributed by atoms with E-state index in [9.17, 15) is 14.0 Å². The average Bonchev–Trinajstić information content (AvgIpc) is 3.10. The molecule has 0 N–H and O–H groups in total. The zero-order valence-electron chi connectivity index (χ0n) is 11.6. The van der Waals surface area contributed by atoms with E-state index in [0.29, 0.717) is 5.75 Å². The van der Waals surface area contributed by atoms with Crippen molar-refractivity contribution in [3.63, 3.8) is 0 Å². The van der Waals surface area contributed by atoms with E-state index in [1.165, 1.54) is 23.9 Å². The van der Waals surface area contributed by atoms with E-state index >= 15 is 0 Å².